The van der Waals surface area contributed by atoms with E-state index in [0.717, 1.165) is 47.1 Å². The van der Waals surface area contributed by atoms with E-state index >= 15 is 0 Å². The van der Waals surface area contributed by atoms with E-state index in [1.165, 1.54) is 11.1 Å². The molecule has 2 aromatic carbocycles. The zero-order chi connectivity index (χ0) is 29.9. The van der Waals surface area contributed by atoms with Crippen molar-refractivity contribution in [2.24, 2.45) is 0 Å². The molecule has 0 spiro atoms. The van der Waals surface area contributed by atoms with Crippen molar-refractivity contribution in [2.45, 2.75) is 77.7 Å². The summed E-state index contributed by atoms with van der Waals surface area (Å²) in [5.41, 5.74) is 7.65. The van der Waals surface area contributed by atoms with E-state index in [4.69, 9.17) is 19.4 Å². The molecule has 42 heavy (non-hydrogen) atoms. The first kappa shape index (κ1) is 31.2. The molecule has 0 unspecified atom stereocenters. The Hall–Kier alpha value is -3.76. The van der Waals surface area contributed by atoms with E-state index in [-0.39, 0.29) is 32.0 Å². The van der Waals surface area contributed by atoms with Gasteiger partial charge in [-0.3, -0.25) is 19.2 Å². The molecule has 1 aliphatic carbocycles. The minimum Gasteiger partial charge on any atom is -0.428 e. The highest BCUT2D eigenvalue weighted by Gasteiger charge is 2.33. The van der Waals surface area contributed by atoms with Crippen LogP contribution >= 0.6 is 0 Å². The third-order valence-electron chi connectivity index (χ3n) is 7.52. The molecule has 0 atom stereocenters. The first-order valence-electron chi connectivity index (χ1n) is 14.8. The molecule has 226 valence electrons. The van der Waals surface area contributed by atoms with Crippen molar-refractivity contribution in [1.82, 2.24) is 10.4 Å². The Morgan fingerprint density at radius 2 is 1.76 bits per heavy atom. The van der Waals surface area contributed by atoms with Crippen molar-refractivity contribution in [2.75, 3.05) is 26.4 Å². The van der Waals surface area contributed by atoms with Crippen LogP contribution in [-0.2, 0) is 54.6 Å². The summed E-state index contributed by atoms with van der Waals surface area (Å²) in [4.78, 5) is 53.4. The molecule has 10 nitrogen and oxygen atoms in total. The van der Waals surface area contributed by atoms with Gasteiger partial charge in [0.2, 0.25) is 5.91 Å². The lowest BCUT2D eigenvalue weighted by Gasteiger charge is -2.17. The van der Waals surface area contributed by atoms with E-state index < -0.39 is 18.0 Å². The normalized spacial score (nSPS) is 13.7. The smallest absolute Gasteiger partial charge is 0.428 e. The van der Waals surface area contributed by atoms with Crippen molar-refractivity contribution in [3.05, 3.63) is 58.1 Å². The number of hydroxylamine groups is 2. The van der Waals surface area contributed by atoms with Gasteiger partial charge in [0.05, 0.1) is 6.61 Å². The van der Waals surface area contributed by atoms with Crippen LogP contribution in [0.2, 0.25) is 0 Å². The first-order chi connectivity index (χ1) is 20.4. The number of unbranched alkanes of at least 4 members (excludes halogenated alkanes) is 1. The SMILES string of the molecule is CCCc1ccc2c(c1)Cc1c-2ccc(CCCC(=O)NCCOCCCCO)c1COC(=O)ON1C(=O)CCC1=O. The van der Waals surface area contributed by atoms with Crippen LogP contribution in [0.4, 0.5) is 4.79 Å². The lowest BCUT2D eigenvalue weighted by atomic mass is 9.93. The number of fused-ring (bicyclic) bond motifs is 3. The van der Waals surface area contributed by atoms with E-state index in [2.05, 4.69) is 36.5 Å². The van der Waals surface area contributed by atoms with Crippen LogP contribution in [0.25, 0.3) is 11.1 Å². The Kier molecular flexibility index (Phi) is 11.5. The van der Waals surface area contributed by atoms with Crippen LogP contribution in [0.15, 0.2) is 30.3 Å². The van der Waals surface area contributed by atoms with Crippen molar-refractivity contribution >= 4 is 23.9 Å². The van der Waals surface area contributed by atoms with Crippen LogP contribution in [0, 0.1) is 0 Å². The lowest BCUT2D eigenvalue weighted by molar-refractivity contribution is -0.177. The monoisotopic (exact) mass is 580 g/mol. The zero-order valence-corrected chi connectivity index (χ0v) is 24.2. The van der Waals surface area contributed by atoms with Crippen molar-refractivity contribution in [1.29, 1.82) is 0 Å². The number of imide groups is 1. The summed E-state index contributed by atoms with van der Waals surface area (Å²) in [6, 6.07) is 10.7. The maximum atomic E-state index is 12.4. The van der Waals surface area contributed by atoms with Gasteiger partial charge in [0, 0.05) is 39.0 Å². The number of aliphatic hydroxyl groups is 1. The fourth-order valence-electron chi connectivity index (χ4n) is 5.40. The topological polar surface area (TPSA) is 131 Å². The standard InChI is InChI=1S/C32H40N2O8/c1-2-6-22-9-11-25-24(19-22)20-27-26(25)12-10-23(7-5-8-29(36)33-15-18-40-17-4-3-16-35)28(27)21-41-32(39)42-34-30(37)13-14-31(34)38/h9-12,19,35H,2-8,13-18,20-21H2,1H3,(H,33,36). The molecule has 0 aromatic heterocycles. The van der Waals surface area contributed by atoms with Gasteiger partial charge in [-0.25, -0.2) is 4.79 Å². The summed E-state index contributed by atoms with van der Waals surface area (Å²) in [6.07, 6.45) is 4.69. The molecule has 2 aromatic rings. The number of benzene rings is 2. The number of carbonyl (C=O) groups is 4. The van der Waals surface area contributed by atoms with Gasteiger partial charge in [0.1, 0.15) is 6.61 Å². The van der Waals surface area contributed by atoms with Gasteiger partial charge in [0.25, 0.3) is 11.8 Å². The van der Waals surface area contributed by atoms with Crippen LogP contribution in [0.5, 0.6) is 0 Å². The van der Waals surface area contributed by atoms with Crippen LogP contribution in [-0.4, -0.2) is 60.4 Å². The molecule has 0 bridgehead atoms. The van der Waals surface area contributed by atoms with E-state index in [1.54, 1.807) is 0 Å². The van der Waals surface area contributed by atoms with Crippen LogP contribution < -0.4 is 5.32 Å². The van der Waals surface area contributed by atoms with E-state index in [9.17, 15) is 19.2 Å². The Morgan fingerprint density at radius 1 is 0.976 bits per heavy atom. The molecule has 2 N–H and O–H groups in total. The predicted molar refractivity (Wildman–Crippen MR) is 154 cm³/mol. The molecule has 3 amide bonds. The average molecular weight is 581 g/mol. The second kappa shape index (κ2) is 15.5. The number of nitrogens with zero attached hydrogens (tertiary/aromatic N) is 1. The Bertz CT molecular complexity index is 1280. The second-order valence-electron chi connectivity index (χ2n) is 10.6. The average Bonchev–Trinajstić information content (AvgIpc) is 3.50. The van der Waals surface area contributed by atoms with Gasteiger partial charge in [-0.1, -0.05) is 48.7 Å². The minimum atomic E-state index is -1.11. The maximum absolute atomic E-state index is 12.4. The van der Waals surface area contributed by atoms with Gasteiger partial charge in [-0.05, 0) is 77.5 Å². The molecule has 1 heterocycles. The van der Waals surface area contributed by atoms with Gasteiger partial charge < -0.3 is 19.9 Å². The largest absolute Gasteiger partial charge is 0.534 e. The van der Waals surface area contributed by atoms with Crippen LogP contribution in [0.3, 0.4) is 0 Å². The highest BCUT2D eigenvalue weighted by molar-refractivity contribution is 6.01. The molecular formula is C32H40N2O8. The summed E-state index contributed by atoms with van der Waals surface area (Å²) in [5, 5.41) is 12.1. The fraction of sp³-hybridized carbons (Fsp3) is 0.500. The predicted octanol–water partition coefficient (Wildman–Crippen LogP) is 4.16. The van der Waals surface area contributed by atoms with Crippen molar-refractivity contribution in [3.8, 4) is 11.1 Å². The number of rotatable bonds is 16. The molecule has 0 saturated carbocycles. The molecule has 1 fully saturated rings. The van der Waals surface area contributed by atoms with Gasteiger partial charge in [0.15, 0.2) is 0 Å². The number of amides is 3. The van der Waals surface area contributed by atoms with E-state index in [0.29, 0.717) is 56.9 Å². The molecule has 4 rings (SSSR count). The van der Waals surface area contributed by atoms with E-state index in [1.807, 2.05) is 6.07 Å². The number of nitrogens with one attached hydrogen (secondary N) is 1. The lowest BCUT2D eigenvalue weighted by Crippen LogP contribution is -2.32. The Balaban J connectivity index is 1.39. The quantitative estimate of drug-likeness (QED) is 0.147. The molecule has 2 aliphatic rings. The first-order valence-corrected chi connectivity index (χ1v) is 14.8. The minimum absolute atomic E-state index is 0.00592. The molecule has 10 heteroatoms. The maximum Gasteiger partial charge on any atom is 0.534 e. The van der Waals surface area contributed by atoms with Crippen molar-refractivity contribution < 1.29 is 38.6 Å². The molecule has 1 aliphatic heterocycles. The third-order valence-corrected chi connectivity index (χ3v) is 7.52. The number of hydrogen-bond donors (Lipinski definition) is 2. The number of carbonyl (C=O) groups excluding carboxylic acids is 4. The Morgan fingerprint density at radius 3 is 2.52 bits per heavy atom. The van der Waals surface area contributed by atoms with Crippen molar-refractivity contribution in [3.63, 3.8) is 0 Å². The number of aliphatic hydroxyl groups excluding tert-OH is 1. The highest BCUT2D eigenvalue weighted by atomic mass is 16.8. The van der Waals surface area contributed by atoms with Gasteiger partial charge in [-0.2, -0.15) is 0 Å². The molecule has 0 radical (unpaired) electrons. The molecule has 1 saturated heterocycles. The van der Waals surface area contributed by atoms with Gasteiger partial charge >= 0.3 is 6.16 Å². The summed E-state index contributed by atoms with van der Waals surface area (Å²) >= 11 is 0. The highest BCUT2D eigenvalue weighted by Crippen LogP contribution is 2.40. The number of aryl methyl sites for hydroxylation is 2. The van der Waals surface area contributed by atoms with Crippen LogP contribution in [0.1, 0.15) is 79.7 Å². The van der Waals surface area contributed by atoms with Gasteiger partial charge in [-0.15, -0.1) is 0 Å². The summed E-state index contributed by atoms with van der Waals surface area (Å²) < 4.78 is 10.9. The zero-order valence-electron chi connectivity index (χ0n) is 24.2. The third kappa shape index (κ3) is 8.17. The molecular weight excluding hydrogens is 540 g/mol. The Labute approximate surface area is 246 Å². The summed E-state index contributed by atoms with van der Waals surface area (Å²) in [7, 11) is 0. The summed E-state index contributed by atoms with van der Waals surface area (Å²) in [6.45, 7) is 3.63. The number of ether oxygens (including phenoxy) is 2. The second-order valence-corrected chi connectivity index (χ2v) is 10.6. The number of hydrogen-bond acceptors (Lipinski definition) is 8. The fourth-order valence-corrected chi connectivity index (χ4v) is 5.40. The summed E-state index contributed by atoms with van der Waals surface area (Å²) in [5.74, 6) is -1.20.